The zero-order valence-electron chi connectivity index (χ0n) is 16.3. The number of hydrogen-bond acceptors (Lipinski definition) is 6. The number of aromatic nitrogens is 5. The molecular weight excluding hydrogens is 482 g/mol. The molecule has 2 aromatic carbocycles. The van der Waals surface area contributed by atoms with Crippen LogP contribution in [0.4, 0.5) is 5.82 Å². The van der Waals surface area contributed by atoms with E-state index in [2.05, 4.69) is 41.1 Å². The van der Waals surface area contributed by atoms with Gasteiger partial charge in [0.05, 0.1) is 5.69 Å². The van der Waals surface area contributed by atoms with Gasteiger partial charge in [0.1, 0.15) is 6.33 Å². The van der Waals surface area contributed by atoms with Gasteiger partial charge in [-0.3, -0.25) is 4.79 Å². The van der Waals surface area contributed by atoms with Gasteiger partial charge < -0.3 is 9.80 Å². The van der Waals surface area contributed by atoms with E-state index in [4.69, 9.17) is 11.6 Å². The van der Waals surface area contributed by atoms with Crippen LogP contribution in [-0.4, -0.2) is 61.9 Å². The van der Waals surface area contributed by atoms with Crippen LogP contribution < -0.4 is 4.90 Å². The number of carbonyl (C=O) groups is 1. The van der Waals surface area contributed by atoms with Gasteiger partial charge in [0, 0.05) is 41.2 Å². The van der Waals surface area contributed by atoms with E-state index in [9.17, 15) is 4.79 Å². The number of piperazine rings is 1. The average molecular weight is 499 g/mol. The van der Waals surface area contributed by atoms with Crippen molar-refractivity contribution in [2.24, 2.45) is 0 Å². The van der Waals surface area contributed by atoms with Gasteiger partial charge in [-0.2, -0.15) is 4.68 Å². The fourth-order valence-corrected chi connectivity index (χ4v) is 4.18. The third-order valence-corrected chi connectivity index (χ3v) is 5.97. The first-order chi connectivity index (χ1) is 15.1. The van der Waals surface area contributed by atoms with Crippen molar-refractivity contribution in [2.75, 3.05) is 31.1 Å². The molecule has 0 bridgehead atoms. The van der Waals surface area contributed by atoms with Crippen molar-refractivity contribution in [3.63, 3.8) is 0 Å². The molecule has 0 saturated carbocycles. The van der Waals surface area contributed by atoms with Gasteiger partial charge in [0.15, 0.2) is 17.0 Å². The number of benzene rings is 2. The smallest absolute Gasteiger partial charge is 0.254 e. The highest BCUT2D eigenvalue weighted by atomic mass is 79.9. The van der Waals surface area contributed by atoms with Crippen molar-refractivity contribution in [2.45, 2.75) is 0 Å². The molecule has 8 nitrogen and oxygen atoms in total. The number of hydrogen-bond donors (Lipinski definition) is 0. The quantitative estimate of drug-likeness (QED) is 0.429. The van der Waals surface area contributed by atoms with E-state index < -0.39 is 0 Å². The molecule has 10 heteroatoms. The van der Waals surface area contributed by atoms with E-state index in [0.29, 0.717) is 47.9 Å². The zero-order chi connectivity index (χ0) is 21.4. The standard InChI is InChI=1S/C21H17BrClN7O/c22-15-3-1-2-14(12-15)21(31)29-10-8-28(9-11-29)19-18-20(25-13-24-19)30(27-26-18)17-6-4-16(23)5-7-17/h1-7,12-13H,8-11H2. The summed E-state index contributed by atoms with van der Waals surface area (Å²) in [5.74, 6) is 0.752. The predicted octanol–water partition coefficient (Wildman–Crippen LogP) is 3.59. The second-order valence-corrected chi connectivity index (χ2v) is 8.49. The molecule has 0 spiro atoms. The Hall–Kier alpha value is -3.04. The summed E-state index contributed by atoms with van der Waals surface area (Å²) in [6.07, 6.45) is 1.52. The summed E-state index contributed by atoms with van der Waals surface area (Å²) < 4.78 is 2.56. The Morgan fingerprint density at radius 3 is 2.52 bits per heavy atom. The van der Waals surface area contributed by atoms with Crippen LogP contribution in [0, 0.1) is 0 Å². The Kier molecular flexibility index (Phi) is 5.29. The lowest BCUT2D eigenvalue weighted by Gasteiger charge is -2.35. The van der Waals surface area contributed by atoms with Crippen molar-refractivity contribution in [3.05, 3.63) is 69.9 Å². The average Bonchev–Trinajstić information content (AvgIpc) is 3.23. The molecule has 0 atom stereocenters. The van der Waals surface area contributed by atoms with Crippen LogP contribution in [-0.2, 0) is 0 Å². The molecule has 3 heterocycles. The number of rotatable bonds is 3. The fraction of sp³-hybridized carbons (Fsp3) is 0.190. The van der Waals surface area contributed by atoms with E-state index >= 15 is 0 Å². The summed E-state index contributed by atoms with van der Waals surface area (Å²) in [6.45, 7) is 2.50. The molecule has 1 aliphatic heterocycles. The van der Waals surface area contributed by atoms with Crippen LogP contribution in [0.25, 0.3) is 16.9 Å². The van der Waals surface area contributed by atoms with Crippen LogP contribution in [0.5, 0.6) is 0 Å². The number of halogens is 2. The summed E-state index contributed by atoms with van der Waals surface area (Å²) in [7, 11) is 0. The molecule has 4 aromatic rings. The summed E-state index contributed by atoms with van der Waals surface area (Å²) in [6, 6.07) is 14.8. The SMILES string of the molecule is O=C(c1cccc(Br)c1)N1CCN(c2ncnc3c2nnn3-c2ccc(Cl)cc2)CC1. The number of carbonyl (C=O) groups excluding carboxylic acids is 1. The van der Waals surface area contributed by atoms with E-state index in [-0.39, 0.29) is 5.91 Å². The molecule has 0 unspecified atom stereocenters. The Morgan fingerprint density at radius 1 is 1.00 bits per heavy atom. The van der Waals surface area contributed by atoms with Gasteiger partial charge in [-0.1, -0.05) is 38.8 Å². The van der Waals surface area contributed by atoms with E-state index in [1.54, 1.807) is 16.8 Å². The Balaban J connectivity index is 1.36. The monoisotopic (exact) mass is 497 g/mol. The molecular formula is C21H17BrClN7O. The highest BCUT2D eigenvalue weighted by Gasteiger charge is 2.25. The lowest BCUT2D eigenvalue weighted by atomic mass is 10.2. The van der Waals surface area contributed by atoms with Crippen molar-refractivity contribution in [1.82, 2.24) is 29.9 Å². The first-order valence-electron chi connectivity index (χ1n) is 9.72. The molecule has 1 amide bonds. The van der Waals surface area contributed by atoms with Crippen molar-refractivity contribution in [3.8, 4) is 5.69 Å². The van der Waals surface area contributed by atoms with Gasteiger partial charge >= 0.3 is 0 Å². The molecule has 0 radical (unpaired) electrons. The summed E-state index contributed by atoms with van der Waals surface area (Å²) >= 11 is 9.42. The molecule has 5 rings (SSSR count). The van der Waals surface area contributed by atoms with E-state index in [0.717, 1.165) is 16.0 Å². The first kappa shape index (κ1) is 19.9. The first-order valence-corrected chi connectivity index (χ1v) is 10.9. The van der Waals surface area contributed by atoms with Gasteiger partial charge in [-0.05, 0) is 42.5 Å². The molecule has 0 aliphatic carbocycles. The predicted molar refractivity (Wildman–Crippen MR) is 122 cm³/mol. The van der Waals surface area contributed by atoms with E-state index in [1.165, 1.54) is 6.33 Å². The molecule has 156 valence electrons. The van der Waals surface area contributed by atoms with E-state index in [1.807, 2.05) is 41.3 Å². The summed E-state index contributed by atoms with van der Waals surface area (Å²) in [5.41, 5.74) is 2.75. The van der Waals surface area contributed by atoms with Crippen LogP contribution in [0.15, 0.2) is 59.3 Å². The normalized spacial score (nSPS) is 14.3. The van der Waals surface area contributed by atoms with Crippen LogP contribution >= 0.6 is 27.5 Å². The van der Waals surface area contributed by atoms with Crippen LogP contribution in [0.2, 0.25) is 5.02 Å². The van der Waals surface area contributed by atoms with Gasteiger partial charge in [-0.15, -0.1) is 5.10 Å². The molecule has 31 heavy (non-hydrogen) atoms. The third kappa shape index (κ3) is 3.86. The Bertz CT molecular complexity index is 1250. The number of anilines is 1. The lowest BCUT2D eigenvalue weighted by Crippen LogP contribution is -2.49. The van der Waals surface area contributed by atoms with Crippen molar-refractivity contribution in [1.29, 1.82) is 0 Å². The largest absolute Gasteiger partial charge is 0.351 e. The Labute approximate surface area is 191 Å². The highest BCUT2D eigenvalue weighted by molar-refractivity contribution is 9.10. The van der Waals surface area contributed by atoms with Crippen molar-refractivity contribution >= 4 is 50.4 Å². The van der Waals surface area contributed by atoms with Crippen LogP contribution in [0.1, 0.15) is 10.4 Å². The maximum atomic E-state index is 12.8. The second kappa shape index (κ2) is 8.24. The molecule has 0 N–H and O–H groups in total. The Morgan fingerprint density at radius 2 is 1.77 bits per heavy atom. The topological polar surface area (TPSA) is 80.0 Å². The lowest BCUT2D eigenvalue weighted by molar-refractivity contribution is 0.0746. The van der Waals surface area contributed by atoms with Gasteiger partial charge in [0.2, 0.25) is 0 Å². The molecule has 1 saturated heterocycles. The molecule has 1 fully saturated rings. The second-order valence-electron chi connectivity index (χ2n) is 7.14. The molecule has 2 aromatic heterocycles. The fourth-order valence-electron chi connectivity index (χ4n) is 3.65. The number of amides is 1. The maximum Gasteiger partial charge on any atom is 0.254 e. The minimum atomic E-state index is 0.0301. The zero-order valence-corrected chi connectivity index (χ0v) is 18.7. The minimum absolute atomic E-state index is 0.0301. The number of fused-ring (bicyclic) bond motifs is 1. The maximum absolute atomic E-state index is 12.8. The van der Waals surface area contributed by atoms with Gasteiger partial charge in [0.25, 0.3) is 5.91 Å². The highest BCUT2D eigenvalue weighted by Crippen LogP contribution is 2.24. The van der Waals surface area contributed by atoms with Gasteiger partial charge in [-0.25, -0.2) is 9.97 Å². The summed E-state index contributed by atoms with van der Waals surface area (Å²) in [4.78, 5) is 25.6. The van der Waals surface area contributed by atoms with Crippen LogP contribution in [0.3, 0.4) is 0 Å². The number of nitrogens with zero attached hydrogens (tertiary/aromatic N) is 7. The minimum Gasteiger partial charge on any atom is -0.351 e. The third-order valence-electron chi connectivity index (χ3n) is 5.23. The van der Waals surface area contributed by atoms with Crippen molar-refractivity contribution < 1.29 is 4.79 Å². The molecule has 1 aliphatic rings. The summed E-state index contributed by atoms with van der Waals surface area (Å²) in [5, 5.41) is 9.25.